The van der Waals surface area contributed by atoms with Crippen LogP contribution in [0.2, 0.25) is 0 Å². The average molecular weight is 126 g/mol. The molecule has 0 aromatic heterocycles. The molecule has 1 aliphatic rings. The molecule has 0 aliphatic carbocycles. The van der Waals surface area contributed by atoms with Crippen LogP contribution in [0.3, 0.4) is 0 Å². The van der Waals surface area contributed by atoms with Gasteiger partial charge in [0.15, 0.2) is 0 Å². The van der Waals surface area contributed by atoms with E-state index >= 15 is 0 Å². The SMILES string of the molecule is C/C=C1/CC(C)OC1=O. The minimum Gasteiger partial charge on any atom is -0.459 e. The average Bonchev–Trinajstić information content (AvgIpc) is 2.10. The Labute approximate surface area is 54.5 Å². The zero-order valence-corrected chi connectivity index (χ0v) is 5.68. The van der Waals surface area contributed by atoms with Crippen molar-refractivity contribution in [1.29, 1.82) is 0 Å². The summed E-state index contributed by atoms with van der Waals surface area (Å²) in [7, 11) is 0. The maximum absolute atomic E-state index is 10.7. The van der Waals surface area contributed by atoms with Crippen LogP contribution in [0, 0.1) is 0 Å². The summed E-state index contributed by atoms with van der Waals surface area (Å²) >= 11 is 0. The van der Waals surface area contributed by atoms with Crippen LogP contribution in [0.5, 0.6) is 0 Å². The van der Waals surface area contributed by atoms with Crippen LogP contribution in [0.15, 0.2) is 11.6 Å². The topological polar surface area (TPSA) is 26.3 Å². The number of hydrogen-bond acceptors (Lipinski definition) is 2. The number of cyclic esters (lactones) is 1. The maximum atomic E-state index is 10.7. The fraction of sp³-hybridized carbons (Fsp3) is 0.571. The van der Waals surface area contributed by atoms with Gasteiger partial charge in [-0.15, -0.1) is 0 Å². The fourth-order valence-corrected chi connectivity index (χ4v) is 0.929. The van der Waals surface area contributed by atoms with Gasteiger partial charge in [0.2, 0.25) is 0 Å². The lowest BCUT2D eigenvalue weighted by atomic mass is 10.2. The van der Waals surface area contributed by atoms with Crippen LogP contribution in [0.4, 0.5) is 0 Å². The summed E-state index contributed by atoms with van der Waals surface area (Å²) in [5, 5.41) is 0. The smallest absolute Gasteiger partial charge is 0.334 e. The van der Waals surface area contributed by atoms with E-state index in [2.05, 4.69) is 0 Å². The molecule has 1 unspecified atom stereocenters. The molecule has 50 valence electrons. The molecule has 1 heterocycles. The summed E-state index contributed by atoms with van der Waals surface area (Å²) in [6.07, 6.45) is 2.67. The molecule has 0 amide bonds. The molecule has 1 atom stereocenters. The molecule has 0 radical (unpaired) electrons. The van der Waals surface area contributed by atoms with Gasteiger partial charge in [-0.2, -0.15) is 0 Å². The summed E-state index contributed by atoms with van der Waals surface area (Å²) < 4.78 is 4.86. The van der Waals surface area contributed by atoms with Gasteiger partial charge >= 0.3 is 5.97 Å². The largest absolute Gasteiger partial charge is 0.459 e. The Morgan fingerprint density at radius 2 is 2.44 bits per heavy atom. The quantitative estimate of drug-likeness (QED) is 0.361. The Hall–Kier alpha value is -0.790. The Morgan fingerprint density at radius 3 is 2.67 bits per heavy atom. The van der Waals surface area contributed by atoms with Crippen LogP contribution in [-0.2, 0) is 9.53 Å². The second-order valence-electron chi connectivity index (χ2n) is 2.23. The molecule has 9 heavy (non-hydrogen) atoms. The van der Waals surface area contributed by atoms with Crippen LogP contribution in [-0.4, -0.2) is 12.1 Å². The van der Waals surface area contributed by atoms with Gasteiger partial charge in [0.25, 0.3) is 0 Å². The molecule has 2 heteroatoms. The van der Waals surface area contributed by atoms with Gasteiger partial charge in [-0.05, 0) is 13.8 Å². The van der Waals surface area contributed by atoms with Gasteiger partial charge in [0.1, 0.15) is 6.10 Å². The fourth-order valence-electron chi connectivity index (χ4n) is 0.929. The molecule has 1 aliphatic heterocycles. The molecule has 0 saturated carbocycles. The molecule has 0 N–H and O–H groups in total. The minimum atomic E-state index is -0.148. The third kappa shape index (κ3) is 1.12. The standard InChI is InChI=1S/C7H10O2/c1-3-6-4-5(2)9-7(6)8/h3,5H,4H2,1-2H3/b6-3-. The predicted octanol–water partition coefficient (Wildman–Crippen LogP) is 1.27. The van der Waals surface area contributed by atoms with Crippen LogP contribution < -0.4 is 0 Å². The highest BCUT2D eigenvalue weighted by molar-refractivity contribution is 5.90. The van der Waals surface area contributed by atoms with Crippen LogP contribution in [0.25, 0.3) is 0 Å². The molecule has 1 saturated heterocycles. The highest BCUT2D eigenvalue weighted by Gasteiger charge is 2.23. The first-order valence-corrected chi connectivity index (χ1v) is 3.10. The van der Waals surface area contributed by atoms with Gasteiger partial charge in [-0.25, -0.2) is 4.79 Å². The van der Waals surface area contributed by atoms with Gasteiger partial charge in [-0.1, -0.05) is 6.08 Å². The number of rotatable bonds is 0. The van der Waals surface area contributed by atoms with E-state index in [0.717, 1.165) is 12.0 Å². The van der Waals surface area contributed by atoms with Crippen LogP contribution in [0.1, 0.15) is 20.3 Å². The number of carbonyl (C=O) groups excluding carboxylic acids is 1. The first-order chi connectivity index (χ1) is 4.24. The Balaban J connectivity index is 2.70. The lowest BCUT2D eigenvalue weighted by molar-refractivity contribution is -0.138. The summed E-state index contributed by atoms with van der Waals surface area (Å²) in [6.45, 7) is 3.75. The highest BCUT2D eigenvalue weighted by atomic mass is 16.5. The molecule has 0 aromatic rings. The first kappa shape index (κ1) is 6.33. The van der Waals surface area contributed by atoms with Gasteiger partial charge < -0.3 is 4.74 Å². The summed E-state index contributed by atoms with van der Waals surface area (Å²) in [5.74, 6) is -0.148. The van der Waals surface area contributed by atoms with E-state index in [9.17, 15) is 4.79 Å². The monoisotopic (exact) mass is 126 g/mol. The minimum absolute atomic E-state index is 0.0868. The van der Waals surface area contributed by atoms with Gasteiger partial charge in [-0.3, -0.25) is 0 Å². The molecular weight excluding hydrogens is 116 g/mol. The van der Waals surface area contributed by atoms with E-state index in [4.69, 9.17) is 4.74 Å². The van der Waals surface area contributed by atoms with Crippen molar-refractivity contribution in [2.75, 3.05) is 0 Å². The molecule has 0 spiro atoms. The second-order valence-corrected chi connectivity index (χ2v) is 2.23. The normalized spacial score (nSPS) is 31.1. The molecule has 1 fully saturated rings. The summed E-state index contributed by atoms with van der Waals surface area (Å²) in [4.78, 5) is 10.7. The molecule has 0 bridgehead atoms. The third-order valence-electron chi connectivity index (χ3n) is 1.43. The van der Waals surface area contributed by atoms with E-state index in [1.54, 1.807) is 0 Å². The molecule has 0 aromatic carbocycles. The third-order valence-corrected chi connectivity index (χ3v) is 1.43. The van der Waals surface area contributed by atoms with Gasteiger partial charge in [0, 0.05) is 12.0 Å². The first-order valence-electron chi connectivity index (χ1n) is 3.10. The number of hydrogen-bond donors (Lipinski definition) is 0. The number of esters is 1. The molecular formula is C7H10O2. The van der Waals surface area contributed by atoms with E-state index in [1.807, 2.05) is 19.9 Å². The van der Waals surface area contributed by atoms with E-state index in [1.165, 1.54) is 0 Å². The lowest BCUT2D eigenvalue weighted by Gasteiger charge is -1.94. The predicted molar refractivity (Wildman–Crippen MR) is 33.9 cm³/mol. The Bertz CT molecular complexity index is 158. The van der Waals surface area contributed by atoms with Crippen molar-refractivity contribution in [2.45, 2.75) is 26.4 Å². The zero-order chi connectivity index (χ0) is 6.85. The number of ether oxygens (including phenoxy) is 1. The molecule has 2 nitrogen and oxygen atoms in total. The van der Waals surface area contributed by atoms with E-state index in [0.29, 0.717) is 0 Å². The van der Waals surface area contributed by atoms with Gasteiger partial charge in [0.05, 0.1) is 0 Å². The second kappa shape index (κ2) is 2.21. The van der Waals surface area contributed by atoms with E-state index in [-0.39, 0.29) is 12.1 Å². The number of allylic oxidation sites excluding steroid dienone is 1. The summed E-state index contributed by atoms with van der Waals surface area (Å²) in [5.41, 5.74) is 0.808. The van der Waals surface area contributed by atoms with Crippen molar-refractivity contribution in [1.82, 2.24) is 0 Å². The van der Waals surface area contributed by atoms with Crippen molar-refractivity contribution in [3.05, 3.63) is 11.6 Å². The van der Waals surface area contributed by atoms with Crippen molar-refractivity contribution < 1.29 is 9.53 Å². The van der Waals surface area contributed by atoms with Crippen molar-refractivity contribution in [2.24, 2.45) is 0 Å². The Kier molecular flexibility index (Phi) is 1.56. The Morgan fingerprint density at radius 1 is 1.78 bits per heavy atom. The maximum Gasteiger partial charge on any atom is 0.334 e. The van der Waals surface area contributed by atoms with Crippen LogP contribution >= 0.6 is 0 Å². The van der Waals surface area contributed by atoms with Crippen molar-refractivity contribution in [3.8, 4) is 0 Å². The lowest BCUT2D eigenvalue weighted by Crippen LogP contribution is -1.99. The summed E-state index contributed by atoms with van der Waals surface area (Å²) in [6, 6.07) is 0. The van der Waals surface area contributed by atoms with Crippen molar-refractivity contribution >= 4 is 5.97 Å². The van der Waals surface area contributed by atoms with E-state index < -0.39 is 0 Å². The highest BCUT2D eigenvalue weighted by Crippen LogP contribution is 2.18. The van der Waals surface area contributed by atoms with Crippen molar-refractivity contribution in [3.63, 3.8) is 0 Å². The molecule has 1 rings (SSSR count). The number of carbonyl (C=O) groups is 1. The zero-order valence-electron chi connectivity index (χ0n) is 5.68.